The van der Waals surface area contributed by atoms with Crippen LogP contribution in [0, 0.1) is 5.92 Å². The van der Waals surface area contributed by atoms with Gasteiger partial charge in [0.25, 0.3) is 0 Å². The van der Waals surface area contributed by atoms with Crippen LogP contribution in [-0.4, -0.2) is 54.3 Å². The van der Waals surface area contributed by atoms with E-state index in [-0.39, 0.29) is 17.7 Å². The highest BCUT2D eigenvalue weighted by molar-refractivity contribution is 5.77. The van der Waals surface area contributed by atoms with Gasteiger partial charge in [0, 0.05) is 39.5 Å². The van der Waals surface area contributed by atoms with Gasteiger partial charge in [-0.2, -0.15) is 0 Å². The van der Waals surface area contributed by atoms with Crippen LogP contribution in [0.1, 0.15) is 26.7 Å². The first-order valence-electron chi connectivity index (χ1n) is 6.28. The Labute approximate surface area is 103 Å². The number of carbonyl (C=O) groups is 2. The lowest BCUT2D eigenvalue weighted by Crippen LogP contribution is -2.37. The Morgan fingerprint density at radius 3 is 2.35 bits per heavy atom. The van der Waals surface area contributed by atoms with E-state index in [4.69, 9.17) is 5.73 Å². The minimum atomic E-state index is 0.0922. The van der Waals surface area contributed by atoms with Gasteiger partial charge in [-0.15, -0.1) is 0 Å². The van der Waals surface area contributed by atoms with Crippen molar-refractivity contribution in [2.75, 3.05) is 32.7 Å². The number of carbonyl (C=O) groups excluding carboxylic acids is 2. The molecule has 1 unspecified atom stereocenters. The van der Waals surface area contributed by atoms with E-state index < -0.39 is 0 Å². The summed E-state index contributed by atoms with van der Waals surface area (Å²) in [7, 11) is 0. The number of amides is 2. The summed E-state index contributed by atoms with van der Waals surface area (Å²) in [6, 6.07) is 0. The molecule has 0 saturated carbocycles. The number of nitrogens with zero attached hydrogens (tertiary/aromatic N) is 2. The molecule has 0 bridgehead atoms. The summed E-state index contributed by atoms with van der Waals surface area (Å²) in [5.41, 5.74) is 5.52. The topological polar surface area (TPSA) is 66.6 Å². The molecule has 2 N–H and O–H groups in total. The molecule has 1 fully saturated rings. The average Bonchev–Trinajstić information content (AvgIpc) is 2.54. The molecule has 5 nitrogen and oxygen atoms in total. The van der Waals surface area contributed by atoms with Crippen LogP contribution < -0.4 is 5.73 Å². The van der Waals surface area contributed by atoms with Crippen molar-refractivity contribution in [1.82, 2.24) is 9.80 Å². The van der Waals surface area contributed by atoms with E-state index in [0.29, 0.717) is 26.1 Å². The zero-order chi connectivity index (χ0) is 12.8. The van der Waals surface area contributed by atoms with Crippen molar-refractivity contribution in [3.63, 3.8) is 0 Å². The van der Waals surface area contributed by atoms with Crippen LogP contribution in [0.25, 0.3) is 0 Å². The fraction of sp³-hybridized carbons (Fsp3) is 0.833. The number of rotatable bonds is 3. The van der Waals surface area contributed by atoms with Crippen molar-refractivity contribution in [3.05, 3.63) is 0 Å². The van der Waals surface area contributed by atoms with Gasteiger partial charge in [-0.3, -0.25) is 9.59 Å². The van der Waals surface area contributed by atoms with Gasteiger partial charge in [-0.05, 0) is 18.9 Å². The molecular weight excluding hydrogens is 218 g/mol. The smallest absolute Gasteiger partial charge is 0.222 e. The molecule has 98 valence electrons. The molecule has 5 heteroatoms. The molecular formula is C12H23N3O2. The van der Waals surface area contributed by atoms with Crippen LogP contribution in [0.3, 0.4) is 0 Å². The molecule has 1 aliphatic heterocycles. The van der Waals surface area contributed by atoms with Gasteiger partial charge >= 0.3 is 0 Å². The number of nitrogens with two attached hydrogens (primary N) is 1. The molecule has 2 amide bonds. The van der Waals surface area contributed by atoms with Crippen molar-refractivity contribution >= 4 is 11.8 Å². The Hall–Kier alpha value is -1.10. The Bertz CT molecular complexity index is 281. The van der Waals surface area contributed by atoms with Crippen LogP contribution in [0.2, 0.25) is 0 Å². The fourth-order valence-electron chi connectivity index (χ4n) is 1.99. The highest BCUT2D eigenvalue weighted by Crippen LogP contribution is 2.08. The Kier molecular flexibility index (Phi) is 5.41. The van der Waals surface area contributed by atoms with Crippen molar-refractivity contribution in [1.29, 1.82) is 0 Å². The van der Waals surface area contributed by atoms with Crippen LogP contribution in [0.4, 0.5) is 0 Å². The summed E-state index contributed by atoms with van der Waals surface area (Å²) < 4.78 is 0. The minimum Gasteiger partial charge on any atom is -0.341 e. The zero-order valence-electron chi connectivity index (χ0n) is 10.8. The van der Waals surface area contributed by atoms with E-state index in [1.807, 2.05) is 11.8 Å². The minimum absolute atomic E-state index is 0.0922. The first-order chi connectivity index (χ1) is 8.04. The highest BCUT2D eigenvalue weighted by Gasteiger charge is 2.20. The van der Waals surface area contributed by atoms with E-state index in [0.717, 1.165) is 19.5 Å². The summed E-state index contributed by atoms with van der Waals surface area (Å²) >= 11 is 0. The molecule has 1 rings (SSSR count). The van der Waals surface area contributed by atoms with Crippen molar-refractivity contribution < 1.29 is 9.59 Å². The van der Waals surface area contributed by atoms with Gasteiger partial charge in [0.1, 0.15) is 0 Å². The standard InChI is InChI=1S/C12H23N3O2/c1-10(9-13)8-12(17)15-5-3-4-14(6-7-15)11(2)16/h10H,3-9,13H2,1-2H3. The Morgan fingerprint density at radius 2 is 1.76 bits per heavy atom. The molecule has 0 spiro atoms. The van der Waals surface area contributed by atoms with Gasteiger partial charge in [0.2, 0.25) is 11.8 Å². The number of hydrogen-bond donors (Lipinski definition) is 1. The van der Waals surface area contributed by atoms with E-state index in [1.54, 1.807) is 11.8 Å². The first-order valence-corrected chi connectivity index (χ1v) is 6.28. The monoisotopic (exact) mass is 241 g/mol. The maximum Gasteiger partial charge on any atom is 0.222 e. The maximum absolute atomic E-state index is 12.0. The lowest BCUT2D eigenvalue weighted by atomic mass is 10.1. The van der Waals surface area contributed by atoms with Crippen LogP contribution in [-0.2, 0) is 9.59 Å². The quantitative estimate of drug-likeness (QED) is 0.759. The Morgan fingerprint density at radius 1 is 1.18 bits per heavy atom. The summed E-state index contributed by atoms with van der Waals surface area (Å²) in [4.78, 5) is 26.9. The Balaban J connectivity index is 2.45. The maximum atomic E-state index is 12.0. The second kappa shape index (κ2) is 6.59. The van der Waals surface area contributed by atoms with Gasteiger partial charge in [0.15, 0.2) is 0 Å². The van der Waals surface area contributed by atoms with E-state index in [9.17, 15) is 9.59 Å². The predicted molar refractivity (Wildman–Crippen MR) is 66.3 cm³/mol. The lowest BCUT2D eigenvalue weighted by Gasteiger charge is -2.22. The van der Waals surface area contributed by atoms with E-state index >= 15 is 0 Å². The predicted octanol–water partition coefficient (Wildman–Crippen LogP) is 0.0521. The average molecular weight is 241 g/mol. The van der Waals surface area contributed by atoms with E-state index in [2.05, 4.69) is 0 Å². The van der Waals surface area contributed by atoms with Crippen molar-refractivity contribution in [3.8, 4) is 0 Å². The van der Waals surface area contributed by atoms with Crippen LogP contribution in [0.5, 0.6) is 0 Å². The fourth-order valence-corrected chi connectivity index (χ4v) is 1.99. The molecule has 17 heavy (non-hydrogen) atoms. The molecule has 1 heterocycles. The molecule has 1 saturated heterocycles. The SMILES string of the molecule is CC(=O)N1CCCN(C(=O)CC(C)CN)CC1. The van der Waals surface area contributed by atoms with Gasteiger partial charge in [-0.1, -0.05) is 6.92 Å². The summed E-state index contributed by atoms with van der Waals surface area (Å²) in [5.74, 6) is 0.484. The van der Waals surface area contributed by atoms with Crippen LogP contribution >= 0.6 is 0 Å². The molecule has 0 radical (unpaired) electrons. The molecule has 0 aliphatic carbocycles. The molecule has 1 aliphatic rings. The van der Waals surface area contributed by atoms with Crippen LogP contribution in [0.15, 0.2) is 0 Å². The third kappa shape index (κ3) is 4.34. The third-order valence-corrected chi connectivity index (χ3v) is 3.22. The summed E-state index contributed by atoms with van der Waals surface area (Å²) in [6.07, 6.45) is 1.37. The van der Waals surface area contributed by atoms with Gasteiger partial charge in [0.05, 0.1) is 0 Å². The van der Waals surface area contributed by atoms with E-state index in [1.165, 1.54) is 0 Å². The summed E-state index contributed by atoms with van der Waals surface area (Å²) in [5, 5.41) is 0. The largest absolute Gasteiger partial charge is 0.341 e. The lowest BCUT2D eigenvalue weighted by molar-refractivity contribution is -0.133. The first kappa shape index (κ1) is 14.0. The third-order valence-electron chi connectivity index (χ3n) is 3.22. The second-order valence-electron chi connectivity index (χ2n) is 4.79. The number of hydrogen-bond acceptors (Lipinski definition) is 3. The van der Waals surface area contributed by atoms with Gasteiger partial charge in [-0.25, -0.2) is 0 Å². The molecule has 0 aromatic carbocycles. The molecule has 1 atom stereocenters. The zero-order valence-corrected chi connectivity index (χ0v) is 10.8. The van der Waals surface area contributed by atoms with Crippen molar-refractivity contribution in [2.24, 2.45) is 11.7 Å². The second-order valence-corrected chi connectivity index (χ2v) is 4.79. The highest BCUT2D eigenvalue weighted by atomic mass is 16.2. The normalized spacial score (nSPS) is 18.8. The summed E-state index contributed by atoms with van der Waals surface area (Å²) in [6.45, 7) is 6.91. The molecule has 0 aromatic rings. The van der Waals surface area contributed by atoms with Gasteiger partial charge < -0.3 is 15.5 Å². The van der Waals surface area contributed by atoms with Crippen molar-refractivity contribution in [2.45, 2.75) is 26.7 Å². The molecule has 0 aromatic heterocycles.